The van der Waals surface area contributed by atoms with E-state index in [2.05, 4.69) is 6.92 Å². The molecule has 2 heterocycles. The summed E-state index contributed by atoms with van der Waals surface area (Å²) in [6, 6.07) is 15.0. The standard InChI is InChI=1S/C33H28N2O4/c1-3-4-5-6-7-8-17-35-32(38)24-15-11-20-18-9-13-22-28-23(31(37)34(2)30(22)36)14-10-19(26(18)28)21-12-16-25(33(35)39)29(24)27(20)21/h9-16H,3-8,17H2,1-2H3. The van der Waals surface area contributed by atoms with Crippen molar-refractivity contribution in [2.75, 3.05) is 13.6 Å². The van der Waals surface area contributed by atoms with Crippen LogP contribution in [-0.4, -0.2) is 47.0 Å². The van der Waals surface area contributed by atoms with Crippen LogP contribution in [0.3, 0.4) is 0 Å². The van der Waals surface area contributed by atoms with E-state index < -0.39 is 0 Å². The molecule has 0 unspecified atom stereocenters. The second-order valence-corrected chi connectivity index (χ2v) is 10.8. The molecule has 0 aromatic heterocycles. The molecule has 4 amide bonds. The van der Waals surface area contributed by atoms with E-state index in [4.69, 9.17) is 0 Å². The highest BCUT2D eigenvalue weighted by molar-refractivity contribution is 6.41. The summed E-state index contributed by atoms with van der Waals surface area (Å²) < 4.78 is 0. The quantitative estimate of drug-likeness (QED) is 0.102. The van der Waals surface area contributed by atoms with Crippen molar-refractivity contribution in [2.24, 2.45) is 0 Å². The molecule has 5 aromatic carbocycles. The van der Waals surface area contributed by atoms with Crippen LogP contribution in [-0.2, 0) is 0 Å². The largest absolute Gasteiger partial charge is 0.277 e. The molecule has 6 heteroatoms. The third-order valence-electron chi connectivity index (χ3n) is 8.66. The fourth-order valence-electron chi connectivity index (χ4n) is 6.69. The van der Waals surface area contributed by atoms with Gasteiger partial charge in [-0.15, -0.1) is 0 Å². The Bertz CT molecular complexity index is 1780. The van der Waals surface area contributed by atoms with Crippen LogP contribution in [0.1, 0.15) is 86.9 Å². The highest BCUT2D eigenvalue weighted by Crippen LogP contribution is 2.46. The van der Waals surface area contributed by atoms with E-state index in [-0.39, 0.29) is 23.6 Å². The molecule has 0 saturated carbocycles. The van der Waals surface area contributed by atoms with Gasteiger partial charge in [0.25, 0.3) is 23.6 Å². The number of hydrogen-bond donors (Lipinski definition) is 0. The molecule has 7 rings (SSSR count). The molecule has 194 valence electrons. The second-order valence-electron chi connectivity index (χ2n) is 10.8. The van der Waals surface area contributed by atoms with Gasteiger partial charge >= 0.3 is 0 Å². The van der Waals surface area contributed by atoms with Gasteiger partial charge in [0.15, 0.2) is 0 Å². The average molecular weight is 517 g/mol. The number of carbonyl (C=O) groups is 4. The zero-order chi connectivity index (χ0) is 27.0. The number of amides is 4. The first-order valence-electron chi connectivity index (χ1n) is 13.8. The predicted octanol–water partition coefficient (Wildman–Crippen LogP) is 6.92. The van der Waals surface area contributed by atoms with Crippen LogP contribution in [0.15, 0.2) is 48.5 Å². The van der Waals surface area contributed by atoms with Crippen LogP contribution in [0.25, 0.3) is 43.1 Å². The van der Waals surface area contributed by atoms with Gasteiger partial charge in [0.2, 0.25) is 0 Å². The third-order valence-corrected chi connectivity index (χ3v) is 8.66. The van der Waals surface area contributed by atoms with Crippen molar-refractivity contribution in [3.63, 3.8) is 0 Å². The topological polar surface area (TPSA) is 74.8 Å². The van der Waals surface area contributed by atoms with Crippen LogP contribution in [0.5, 0.6) is 0 Å². The fourth-order valence-corrected chi connectivity index (χ4v) is 6.69. The average Bonchev–Trinajstić information content (AvgIpc) is 2.95. The zero-order valence-electron chi connectivity index (χ0n) is 22.1. The van der Waals surface area contributed by atoms with E-state index in [9.17, 15) is 19.2 Å². The number of unbranched alkanes of at least 4 members (excludes halogenated alkanes) is 5. The fraction of sp³-hybridized carbons (Fsp3) is 0.273. The maximum atomic E-state index is 13.6. The Hall–Kier alpha value is -4.32. The Morgan fingerprint density at radius 1 is 0.487 bits per heavy atom. The first-order chi connectivity index (χ1) is 18.9. The molecule has 0 atom stereocenters. The normalized spacial score (nSPS) is 15.2. The number of imide groups is 2. The minimum absolute atomic E-state index is 0.236. The van der Waals surface area contributed by atoms with Crippen LogP contribution in [0.4, 0.5) is 0 Å². The summed E-state index contributed by atoms with van der Waals surface area (Å²) in [7, 11) is 1.51. The molecule has 0 bridgehead atoms. The van der Waals surface area contributed by atoms with Gasteiger partial charge in [-0.1, -0.05) is 63.3 Å². The predicted molar refractivity (Wildman–Crippen MR) is 153 cm³/mol. The molecule has 0 N–H and O–H groups in total. The Labute approximate surface area is 225 Å². The molecule has 0 aliphatic carbocycles. The summed E-state index contributed by atoms with van der Waals surface area (Å²) in [5, 5.41) is 6.75. The molecular formula is C33H28N2O4. The lowest BCUT2D eigenvalue weighted by molar-refractivity contribution is 0.0603. The van der Waals surface area contributed by atoms with Crippen molar-refractivity contribution < 1.29 is 19.2 Å². The highest BCUT2D eigenvalue weighted by atomic mass is 16.2. The van der Waals surface area contributed by atoms with Crippen molar-refractivity contribution in [1.82, 2.24) is 9.80 Å². The Morgan fingerprint density at radius 3 is 1.31 bits per heavy atom. The molecule has 0 saturated heterocycles. The van der Waals surface area contributed by atoms with Crippen LogP contribution in [0.2, 0.25) is 0 Å². The first-order valence-corrected chi connectivity index (χ1v) is 13.8. The van der Waals surface area contributed by atoms with Crippen molar-refractivity contribution in [3.05, 3.63) is 70.8 Å². The summed E-state index contributed by atoms with van der Waals surface area (Å²) in [5.41, 5.74) is 2.13. The first kappa shape index (κ1) is 23.8. The van der Waals surface area contributed by atoms with E-state index in [1.807, 2.05) is 36.4 Å². The van der Waals surface area contributed by atoms with E-state index in [1.54, 1.807) is 12.1 Å². The number of nitrogens with zero attached hydrogens (tertiary/aromatic N) is 2. The van der Waals surface area contributed by atoms with Gasteiger partial charge < -0.3 is 0 Å². The van der Waals surface area contributed by atoms with E-state index in [1.165, 1.54) is 31.2 Å². The molecule has 2 aliphatic heterocycles. The summed E-state index contributed by atoms with van der Waals surface area (Å²) in [6.07, 6.45) is 6.51. The van der Waals surface area contributed by atoms with Gasteiger partial charge in [-0.05, 0) is 63.0 Å². The summed E-state index contributed by atoms with van der Waals surface area (Å²) in [5.74, 6) is -1.09. The molecular weight excluding hydrogens is 488 g/mol. The number of fused-ring (bicyclic) bond motifs is 2. The SMILES string of the molecule is CCCCCCCCN1C(=O)c2ccc3c4ccc5c6c(ccc(c7ccc(c2c37)C1=O)c64)C(=O)N(C)C5=O. The molecule has 0 radical (unpaired) electrons. The minimum Gasteiger partial charge on any atom is -0.277 e. The molecule has 2 aliphatic rings. The van der Waals surface area contributed by atoms with E-state index in [0.29, 0.717) is 39.6 Å². The monoisotopic (exact) mass is 516 g/mol. The second kappa shape index (κ2) is 8.60. The van der Waals surface area contributed by atoms with Gasteiger partial charge in [-0.2, -0.15) is 0 Å². The zero-order valence-corrected chi connectivity index (χ0v) is 22.1. The molecule has 0 spiro atoms. The lowest BCUT2D eigenvalue weighted by atomic mass is 9.82. The minimum atomic E-state index is -0.311. The van der Waals surface area contributed by atoms with Gasteiger partial charge in [-0.3, -0.25) is 29.0 Å². The highest BCUT2D eigenvalue weighted by Gasteiger charge is 2.35. The van der Waals surface area contributed by atoms with Gasteiger partial charge in [-0.25, -0.2) is 0 Å². The van der Waals surface area contributed by atoms with E-state index in [0.717, 1.165) is 56.5 Å². The molecule has 6 nitrogen and oxygen atoms in total. The number of carbonyl (C=O) groups excluding carboxylic acids is 4. The van der Waals surface area contributed by atoms with Gasteiger partial charge in [0.05, 0.1) is 0 Å². The third kappa shape index (κ3) is 3.14. The summed E-state index contributed by atoms with van der Waals surface area (Å²) >= 11 is 0. The van der Waals surface area contributed by atoms with Gasteiger partial charge in [0.1, 0.15) is 0 Å². The molecule has 0 fully saturated rings. The number of benzene rings is 5. The van der Waals surface area contributed by atoms with E-state index >= 15 is 0 Å². The van der Waals surface area contributed by atoms with Crippen molar-refractivity contribution >= 4 is 66.7 Å². The summed E-state index contributed by atoms with van der Waals surface area (Å²) in [4.78, 5) is 55.8. The van der Waals surface area contributed by atoms with Crippen molar-refractivity contribution in [3.8, 4) is 0 Å². The van der Waals surface area contributed by atoms with Crippen molar-refractivity contribution in [1.29, 1.82) is 0 Å². The maximum Gasteiger partial charge on any atom is 0.261 e. The number of hydrogen-bond acceptors (Lipinski definition) is 4. The number of rotatable bonds is 7. The molecule has 39 heavy (non-hydrogen) atoms. The molecule has 5 aromatic rings. The lowest BCUT2D eigenvalue weighted by Gasteiger charge is -2.29. The smallest absolute Gasteiger partial charge is 0.261 e. The summed E-state index contributed by atoms with van der Waals surface area (Å²) in [6.45, 7) is 2.61. The maximum absolute atomic E-state index is 13.6. The lowest BCUT2D eigenvalue weighted by Crippen LogP contribution is -2.40. The Morgan fingerprint density at radius 2 is 0.872 bits per heavy atom. The Kier molecular flexibility index (Phi) is 5.24. The van der Waals surface area contributed by atoms with Crippen LogP contribution in [0, 0.1) is 0 Å². The van der Waals surface area contributed by atoms with Crippen molar-refractivity contribution in [2.45, 2.75) is 45.4 Å². The van der Waals surface area contributed by atoms with Gasteiger partial charge in [0, 0.05) is 46.6 Å². The van der Waals surface area contributed by atoms with Crippen LogP contribution >= 0.6 is 0 Å². The Balaban J connectivity index is 1.41. The van der Waals surface area contributed by atoms with Crippen LogP contribution < -0.4 is 0 Å².